The van der Waals surface area contributed by atoms with Gasteiger partial charge in [0.15, 0.2) is 9.84 Å². The molecule has 124 valence electrons. The SMILES string of the molecule is CCS(=O)(=O)C(C)(C)c1cc(N2CCOC[C@@H]2C)nc(Cl)n1. The van der Waals surface area contributed by atoms with Crippen LogP contribution in [-0.4, -0.2) is 49.9 Å². The molecule has 8 heteroatoms. The Labute approximate surface area is 136 Å². The van der Waals surface area contributed by atoms with Crippen LogP contribution in [-0.2, 0) is 19.3 Å². The molecule has 0 bridgehead atoms. The number of hydrogen-bond acceptors (Lipinski definition) is 6. The van der Waals surface area contributed by atoms with Crippen LogP contribution in [0.3, 0.4) is 0 Å². The predicted molar refractivity (Wildman–Crippen MR) is 87.2 cm³/mol. The first-order valence-electron chi connectivity index (χ1n) is 7.30. The van der Waals surface area contributed by atoms with E-state index in [0.717, 1.165) is 0 Å². The summed E-state index contributed by atoms with van der Waals surface area (Å²) in [6.45, 7) is 8.86. The summed E-state index contributed by atoms with van der Waals surface area (Å²) in [5.74, 6) is 0.690. The highest BCUT2D eigenvalue weighted by molar-refractivity contribution is 7.92. The van der Waals surface area contributed by atoms with Gasteiger partial charge in [0.05, 0.1) is 24.9 Å². The minimum absolute atomic E-state index is 0.0465. The van der Waals surface area contributed by atoms with Gasteiger partial charge >= 0.3 is 0 Å². The number of sulfone groups is 1. The summed E-state index contributed by atoms with van der Waals surface area (Å²) < 4.78 is 29.0. The summed E-state index contributed by atoms with van der Waals surface area (Å²) >= 11 is 6.04. The van der Waals surface area contributed by atoms with E-state index in [1.165, 1.54) is 0 Å². The van der Waals surface area contributed by atoms with Crippen LogP contribution in [0.5, 0.6) is 0 Å². The number of rotatable bonds is 4. The molecule has 1 aliphatic rings. The molecule has 1 atom stereocenters. The Morgan fingerprint density at radius 1 is 1.45 bits per heavy atom. The lowest BCUT2D eigenvalue weighted by Crippen LogP contribution is -2.44. The molecule has 1 fully saturated rings. The smallest absolute Gasteiger partial charge is 0.224 e. The first-order chi connectivity index (χ1) is 10.2. The van der Waals surface area contributed by atoms with Crippen LogP contribution in [0.4, 0.5) is 5.82 Å². The zero-order valence-corrected chi connectivity index (χ0v) is 14.9. The highest BCUT2D eigenvalue weighted by Gasteiger charge is 2.37. The van der Waals surface area contributed by atoms with Crippen molar-refractivity contribution in [2.45, 2.75) is 38.5 Å². The molecule has 1 saturated heterocycles. The second-order valence-electron chi connectivity index (χ2n) is 5.91. The zero-order chi connectivity index (χ0) is 16.5. The van der Waals surface area contributed by atoms with E-state index < -0.39 is 14.6 Å². The molecular formula is C14H22ClN3O3S. The second kappa shape index (κ2) is 6.29. The minimum atomic E-state index is -3.32. The third-order valence-electron chi connectivity index (χ3n) is 4.12. The fourth-order valence-corrected chi connectivity index (χ4v) is 3.77. The Balaban J connectivity index is 2.47. The normalized spacial score (nSPS) is 20.2. The Kier molecular flexibility index (Phi) is 4.99. The molecule has 1 aliphatic heterocycles. The number of anilines is 1. The van der Waals surface area contributed by atoms with Crippen molar-refractivity contribution >= 4 is 27.3 Å². The van der Waals surface area contributed by atoms with Crippen molar-refractivity contribution in [3.63, 3.8) is 0 Å². The maximum atomic E-state index is 12.3. The quantitative estimate of drug-likeness (QED) is 0.776. The second-order valence-corrected chi connectivity index (χ2v) is 9.08. The summed E-state index contributed by atoms with van der Waals surface area (Å²) in [6, 6.07) is 1.87. The number of nitrogens with zero attached hydrogens (tertiary/aromatic N) is 3. The van der Waals surface area contributed by atoms with Crippen LogP contribution in [0.1, 0.15) is 33.4 Å². The molecule has 1 aromatic heterocycles. The van der Waals surface area contributed by atoms with Gasteiger partial charge in [-0.25, -0.2) is 18.4 Å². The minimum Gasteiger partial charge on any atom is -0.377 e. The number of halogens is 1. The van der Waals surface area contributed by atoms with Crippen LogP contribution in [0.15, 0.2) is 6.07 Å². The Morgan fingerprint density at radius 3 is 2.73 bits per heavy atom. The Bertz CT molecular complexity index is 649. The van der Waals surface area contributed by atoms with Gasteiger partial charge in [0.2, 0.25) is 5.28 Å². The molecule has 0 spiro atoms. The van der Waals surface area contributed by atoms with Crippen LogP contribution in [0.25, 0.3) is 0 Å². The molecule has 2 heterocycles. The molecule has 0 aromatic carbocycles. The average Bonchev–Trinajstić information content (AvgIpc) is 2.46. The molecule has 0 aliphatic carbocycles. The van der Waals surface area contributed by atoms with Gasteiger partial charge in [-0.1, -0.05) is 6.92 Å². The fraction of sp³-hybridized carbons (Fsp3) is 0.714. The lowest BCUT2D eigenvalue weighted by molar-refractivity contribution is 0.0985. The molecule has 6 nitrogen and oxygen atoms in total. The Hall–Kier alpha value is -0.920. The van der Waals surface area contributed by atoms with Crippen molar-refractivity contribution in [2.24, 2.45) is 0 Å². The average molecular weight is 348 g/mol. The Morgan fingerprint density at radius 2 is 2.14 bits per heavy atom. The van der Waals surface area contributed by atoms with Crippen molar-refractivity contribution in [3.05, 3.63) is 17.0 Å². The lowest BCUT2D eigenvalue weighted by Gasteiger charge is -2.35. The highest BCUT2D eigenvalue weighted by atomic mass is 35.5. The number of hydrogen-bond donors (Lipinski definition) is 0. The van der Waals surface area contributed by atoms with Gasteiger partial charge in [-0.3, -0.25) is 0 Å². The van der Waals surface area contributed by atoms with Gasteiger partial charge in [0.1, 0.15) is 10.6 Å². The highest BCUT2D eigenvalue weighted by Crippen LogP contribution is 2.32. The summed E-state index contributed by atoms with van der Waals surface area (Å²) in [4.78, 5) is 10.5. The monoisotopic (exact) mass is 347 g/mol. The summed E-state index contributed by atoms with van der Waals surface area (Å²) in [5, 5.41) is 0.0607. The molecule has 0 N–H and O–H groups in total. The molecule has 1 aromatic rings. The van der Waals surface area contributed by atoms with E-state index in [2.05, 4.69) is 14.9 Å². The van der Waals surface area contributed by atoms with E-state index >= 15 is 0 Å². The van der Waals surface area contributed by atoms with Gasteiger partial charge in [-0.05, 0) is 32.4 Å². The van der Waals surface area contributed by atoms with Crippen molar-refractivity contribution in [1.29, 1.82) is 0 Å². The number of aromatic nitrogens is 2. The van der Waals surface area contributed by atoms with Gasteiger partial charge in [0, 0.05) is 18.4 Å². The van der Waals surface area contributed by atoms with Gasteiger partial charge in [0.25, 0.3) is 0 Å². The van der Waals surface area contributed by atoms with E-state index in [1.807, 2.05) is 6.92 Å². The van der Waals surface area contributed by atoms with Gasteiger partial charge < -0.3 is 9.64 Å². The first kappa shape index (κ1) is 17.4. The molecular weight excluding hydrogens is 326 g/mol. The van der Waals surface area contributed by atoms with Crippen molar-refractivity contribution in [1.82, 2.24) is 9.97 Å². The third kappa shape index (κ3) is 3.21. The molecule has 0 amide bonds. The number of morpholine rings is 1. The van der Waals surface area contributed by atoms with Crippen molar-refractivity contribution in [3.8, 4) is 0 Å². The van der Waals surface area contributed by atoms with Gasteiger partial charge in [-0.15, -0.1) is 0 Å². The molecule has 0 saturated carbocycles. The van der Waals surface area contributed by atoms with E-state index in [1.54, 1.807) is 26.8 Å². The fourth-order valence-electron chi connectivity index (χ4n) is 2.45. The maximum Gasteiger partial charge on any atom is 0.224 e. The first-order valence-corrected chi connectivity index (χ1v) is 9.34. The van der Waals surface area contributed by atoms with Crippen molar-refractivity contribution < 1.29 is 13.2 Å². The van der Waals surface area contributed by atoms with Crippen LogP contribution in [0.2, 0.25) is 5.28 Å². The standard InChI is InChI=1S/C14H22ClN3O3S/c1-5-22(19,20)14(3,4)11-8-12(17-13(15)16-11)18-6-7-21-9-10(18)2/h8,10H,5-7,9H2,1-4H3/t10-/m0/s1. The summed E-state index contributed by atoms with van der Waals surface area (Å²) in [5.41, 5.74) is 0.419. The summed E-state index contributed by atoms with van der Waals surface area (Å²) in [7, 11) is -3.32. The van der Waals surface area contributed by atoms with Crippen molar-refractivity contribution in [2.75, 3.05) is 30.4 Å². The van der Waals surface area contributed by atoms with E-state index in [-0.39, 0.29) is 17.1 Å². The van der Waals surface area contributed by atoms with E-state index in [0.29, 0.717) is 31.3 Å². The number of ether oxygens (including phenoxy) is 1. The predicted octanol–water partition coefficient (Wildman–Crippen LogP) is 2.02. The maximum absolute atomic E-state index is 12.3. The molecule has 2 rings (SSSR count). The lowest BCUT2D eigenvalue weighted by atomic mass is 10.1. The third-order valence-corrected chi connectivity index (χ3v) is 6.81. The van der Waals surface area contributed by atoms with E-state index in [9.17, 15) is 8.42 Å². The van der Waals surface area contributed by atoms with Crippen LogP contribution < -0.4 is 4.90 Å². The van der Waals surface area contributed by atoms with Crippen LogP contribution in [0, 0.1) is 0 Å². The molecule has 22 heavy (non-hydrogen) atoms. The molecule has 0 unspecified atom stereocenters. The zero-order valence-electron chi connectivity index (χ0n) is 13.3. The van der Waals surface area contributed by atoms with Gasteiger partial charge in [-0.2, -0.15) is 0 Å². The molecule has 0 radical (unpaired) electrons. The van der Waals surface area contributed by atoms with E-state index in [4.69, 9.17) is 16.3 Å². The topological polar surface area (TPSA) is 72.4 Å². The largest absolute Gasteiger partial charge is 0.377 e. The summed E-state index contributed by atoms with van der Waals surface area (Å²) in [6.07, 6.45) is 0. The van der Waals surface area contributed by atoms with Crippen LogP contribution >= 0.6 is 11.6 Å².